The fourth-order valence-corrected chi connectivity index (χ4v) is 1.88. The SMILES string of the molecule is CCCc1nc(NC)cc(N(C)Cc2ccoc2)n1. The fraction of sp³-hybridized carbons (Fsp3) is 0.429. The van der Waals surface area contributed by atoms with Gasteiger partial charge in [0.1, 0.15) is 17.5 Å². The predicted octanol–water partition coefficient (Wildman–Crippen LogP) is 2.70. The van der Waals surface area contributed by atoms with Crippen LogP contribution in [0.25, 0.3) is 0 Å². The van der Waals surface area contributed by atoms with Gasteiger partial charge in [0.05, 0.1) is 12.5 Å². The maximum absolute atomic E-state index is 5.09. The summed E-state index contributed by atoms with van der Waals surface area (Å²) in [4.78, 5) is 11.1. The van der Waals surface area contributed by atoms with Gasteiger partial charge in [-0.3, -0.25) is 0 Å². The number of anilines is 2. The summed E-state index contributed by atoms with van der Waals surface area (Å²) in [6.45, 7) is 2.90. The second kappa shape index (κ2) is 6.22. The van der Waals surface area contributed by atoms with E-state index in [9.17, 15) is 0 Å². The van der Waals surface area contributed by atoms with E-state index < -0.39 is 0 Å². The maximum Gasteiger partial charge on any atom is 0.134 e. The maximum atomic E-state index is 5.09. The van der Waals surface area contributed by atoms with Crippen LogP contribution in [0.3, 0.4) is 0 Å². The van der Waals surface area contributed by atoms with E-state index in [2.05, 4.69) is 27.1 Å². The molecule has 0 atom stereocenters. The van der Waals surface area contributed by atoms with Crippen LogP contribution in [-0.4, -0.2) is 24.1 Å². The lowest BCUT2D eigenvalue weighted by Crippen LogP contribution is -2.18. The summed E-state index contributed by atoms with van der Waals surface area (Å²) in [5.74, 6) is 2.65. The molecule has 2 aromatic heterocycles. The van der Waals surface area contributed by atoms with Crippen molar-refractivity contribution in [2.45, 2.75) is 26.3 Å². The standard InChI is InChI=1S/C14H20N4O/c1-4-5-12-16-13(15-2)8-14(17-12)18(3)9-11-6-7-19-10-11/h6-8,10H,4-5,9H2,1-3H3,(H,15,16,17). The van der Waals surface area contributed by atoms with Gasteiger partial charge in [-0.25, -0.2) is 9.97 Å². The number of hydrogen-bond acceptors (Lipinski definition) is 5. The molecular formula is C14H20N4O. The molecule has 0 radical (unpaired) electrons. The monoisotopic (exact) mass is 260 g/mol. The van der Waals surface area contributed by atoms with Crippen molar-refractivity contribution in [1.29, 1.82) is 0 Å². The Bertz CT molecular complexity index is 510. The van der Waals surface area contributed by atoms with Crippen molar-refractivity contribution >= 4 is 11.6 Å². The van der Waals surface area contributed by atoms with Crippen LogP contribution in [-0.2, 0) is 13.0 Å². The summed E-state index contributed by atoms with van der Waals surface area (Å²) in [5.41, 5.74) is 1.13. The minimum atomic E-state index is 0.766. The number of rotatable bonds is 6. The van der Waals surface area contributed by atoms with Crippen LogP contribution in [0.4, 0.5) is 11.6 Å². The van der Waals surface area contributed by atoms with E-state index in [1.165, 1.54) is 0 Å². The van der Waals surface area contributed by atoms with E-state index in [0.29, 0.717) is 0 Å². The van der Waals surface area contributed by atoms with E-state index in [4.69, 9.17) is 4.42 Å². The zero-order valence-electron chi connectivity index (χ0n) is 11.7. The molecule has 2 rings (SSSR count). The molecule has 5 heteroatoms. The Kier molecular flexibility index (Phi) is 4.39. The van der Waals surface area contributed by atoms with Crippen molar-refractivity contribution in [3.05, 3.63) is 36.0 Å². The normalized spacial score (nSPS) is 10.5. The van der Waals surface area contributed by atoms with E-state index in [-0.39, 0.29) is 0 Å². The van der Waals surface area contributed by atoms with Crippen LogP contribution in [0.2, 0.25) is 0 Å². The minimum Gasteiger partial charge on any atom is -0.472 e. The first-order valence-corrected chi connectivity index (χ1v) is 6.51. The smallest absolute Gasteiger partial charge is 0.134 e. The topological polar surface area (TPSA) is 54.2 Å². The van der Waals surface area contributed by atoms with Crippen LogP contribution in [0.15, 0.2) is 29.1 Å². The summed E-state index contributed by atoms with van der Waals surface area (Å²) in [7, 11) is 3.89. The Morgan fingerprint density at radius 1 is 1.37 bits per heavy atom. The van der Waals surface area contributed by atoms with E-state index in [1.54, 1.807) is 12.5 Å². The number of hydrogen-bond donors (Lipinski definition) is 1. The molecule has 0 bridgehead atoms. The molecule has 0 saturated heterocycles. The predicted molar refractivity (Wildman–Crippen MR) is 76.4 cm³/mol. The molecule has 1 N–H and O–H groups in total. The molecule has 0 unspecified atom stereocenters. The molecule has 0 aliphatic carbocycles. The highest BCUT2D eigenvalue weighted by atomic mass is 16.3. The Labute approximate surface area is 113 Å². The molecule has 19 heavy (non-hydrogen) atoms. The Balaban J connectivity index is 2.19. The van der Waals surface area contributed by atoms with Gasteiger partial charge in [-0.1, -0.05) is 6.92 Å². The number of nitrogens with one attached hydrogen (secondary N) is 1. The largest absolute Gasteiger partial charge is 0.472 e. The zero-order chi connectivity index (χ0) is 13.7. The first-order valence-electron chi connectivity index (χ1n) is 6.51. The van der Waals surface area contributed by atoms with Gasteiger partial charge >= 0.3 is 0 Å². The van der Waals surface area contributed by atoms with Crippen LogP contribution in [0.1, 0.15) is 24.7 Å². The van der Waals surface area contributed by atoms with Crippen molar-refractivity contribution in [2.75, 3.05) is 24.3 Å². The molecule has 0 saturated carbocycles. The summed E-state index contributed by atoms with van der Waals surface area (Å²) in [6.07, 6.45) is 5.37. The third-order valence-corrected chi connectivity index (χ3v) is 2.88. The van der Waals surface area contributed by atoms with E-state index in [0.717, 1.165) is 42.4 Å². The Hall–Kier alpha value is -2.04. The number of aromatic nitrogens is 2. The van der Waals surface area contributed by atoms with Crippen LogP contribution < -0.4 is 10.2 Å². The summed E-state index contributed by atoms with van der Waals surface area (Å²) >= 11 is 0. The highest BCUT2D eigenvalue weighted by Crippen LogP contribution is 2.17. The minimum absolute atomic E-state index is 0.766. The molecule has 0 amide bonds. The highest BCUT2D eigenvalue weighted by molar-refractivity contribution is 5.49. The molecule has 102 valence electrons. The van der Waals surface area contributed by atoms with Gasteiger partial charge in [-0.15, -0.1) is 0 Å². The number of furan rings is 1. The van der Waals surface area contributed by atoms with Crippen molar-refractivity contribution in [1.82, 2.24) is 9.97 Å². The Morgan fingerprint density at radius 3 is 2.84 bits per heavy atom. The molecule has 5 nitrogen and oxygen atoms in total. The lowest BCUT2D eigenvalue weighted by molar-refractivity contribution is 0.563. The van der Waals surface area contributed by atoms with Gasteiger partial charge in [-0.05, 0) is 12.5 Å². The van der Waals surface area contributed by atoms with Crippen molar-refractivity contribution in [3.63, 3.8) is 0 Å². The molecule has 2 aromatic rings. The number of aryl methyl sites for hydroxylation is 1. The fourth-order valence-electron chi connectivity index (χ4n) is 1.88. The van der Waals surface area contributed by atoms with Gasteiger partial charge in [0.15, 0.2) is 0 Å². The molecule has 2 heterocycles. The van der Waals surface area contributed by atoms with Crippen molar-refractivity contribution < 1.29 is 4.42 Å². The third kappa shape index (κ3) is 3.47. The molecular weight excluding hydrogens is 240 g/mol. The molecule has 0 aromatic carbocycles. The van der Waals surface area contributed by atoms with Crippen LogP contribution in [0, 0.1) is 0 Å². The summed E-state index contributed by atoms with van der Waals surface area (Å²) in [5, 5.41) is 3.08. The summed E-state index contributed by atoms with van der Waals surface area (Å²) in [6, 6.07) is 3.92. The quantitative estimate of drug-likeness (QED) is 0.865. The average molecular weight is 260 g/mol. The van der Waals surface area contributed by atoms with Gasteiger partial charge in [0, 0.05) is 38.7 Å². The lowest BCUT2D eigenvalue weighted by Gasteiger charge is -2.18. The van der Waals surface area contributed by atoms with Gasteiger partial charge in [-0.2, -0.15) is 0 Å². The van der Waals surface area contributed by atoms with E-state index >= 15 is 0 Å². The number of nitrogens with zero attached hydrogens (tertiary/aromatic N) is 3. The molecule has 0 aliphatic rings. The zero-order valence-corrected chi connectivity index (χ0v) is 11.7. The average Bonchev–Trinajstić information content (AvgIpc) is 2.91. The molecule has 0 aliphatic heterocycles. The van der Waals surface area contributed by atoms with Gasteiger partial charge in [0.2, 0.25) is 0 Å². The first-order chi connectivity index (χ1) is 9.22. The van der Waals surface area contributed by atoms with Crippen LogP contribution in [0.5, 0.6) is 0 Å². The first kappa shape index (κ1) is 13.4. The molecule has 0 spiro atoms. The van der Waals surface area contributed by atoms with Gasteiger partial charge < -0.3 is 14.6 Å². The second-order valence-corrected chi connectivity index (χ2v) is 4.52. The van der Waals surface area contributed by atoms with Crippen molar-refractivity contribution in [2.24, 2.45) is 0 Å². The second-order valence-electron chi connectivity index (χ2n) is 4.52. The summed E-state index contributed by atoms with van der Waals surface area (Å²) < 4.78 is 5.09. The van der Waals surface area contributed by atoms with Crippen LogP contribution >= 0.6 is 0 Å². The molecule has 0 fully saturated rings. The van der Waals surface area contributed by atoms with E-state index in [1.807, 2.05) is 26.2 Å². The third-order valence-electron chi connectivity index (χ3n) is 2.88. The highest BCUT2D eigenvalue weighted by Gasteiger charge is 2.08. The van der Waals surface area contributed by atoms with Gasteiger partial charge in [0.25, 0.3) is 0 Å². The van der Waals surface area contributed by atoms with Crippen molar-refractivity contribution in [3.8, 4) is 0 Å². The lowest BCUT2D eigenvalue weighted by atomic mass is 10.3. The Morgan fingerprint density at radius 2 is 2.21 bits per heavy atom.